The Balaban J connectivity index is 2.21. The third-order valence-corrected chi connectivity index (χ3v) is 2.71. The number of carbonyl (C=O) groups is 1. The van der Waals surface area contributed by atoms with Crippen LogP contribution < -0.4 is 10.2 Å². The molecular formula is C12H12FN3O. The molecule has 4 nitrogen and oxygen atoms in total. The van der Waals surface area contributed by atoms with Crippen molar-refractivity contribution in [3.05, 3.63) is 30.1 Å². The van der Waals surface area contributed by atoms with E-state index in [4.69, 9.17) is 5.26 Å². The van der Waals surface area contributed by atoms with E-state index in [1.807, 2.05) is 6.07 Å². The molecule has 5 heteroatoms. The summed E-state index contributed by atoms with van der Waals surface area (Å²) in [6.45, 7) is 1.10. The van der Waals surface area contributed by atoms with Gasteiger partial charge in [-0.2, -0.15) is 5.26 Å². The maximum Gasteiger partial charge on any atom is 0.245 e. The molecule has 0 aliphatic carbocycles. The maximum absolute atomic E-state index is 13.1. The molecule has 1 unspecified atom stereocenters. The number of hydrogen-bond donors (Lipinski definition) is 1. The van der Waals surface area contributed by atoms with Crippen LogP contribution in [-0.2, 0) is 4.79 Å². The first kappa shape index (κ1) is 11.6. The molecule has 1 N–H and O–H groups in total. The highest BCUT2D eigenvalue weighted by Crippen LogP contribution is 2.18. The summed E-state index contributed by atoms with van der Waals surface area (Å²) in [5.41, 5.74) is 0.541. The van der Waals surface area contributed by atoms with Crippen LogP contribution in [0.15, 0.2) is 24.3 Å². The second-order valence-electron chi connectivity index (χ2n) is 3.84. The number of anilines is 1. The monoisotopic (exact) mass is 233 g/mol. The highest BCUT2D eigenvalue weighted by atomic mass is 19.1. The Morgan fingerprint density at radius 1 is 1.59 bits per heavy atom. The Hall–Kier alpha value is -1.93. The lowest BCUT2D eigenvalue weighted by molar-refractivity contribution is -0.121. The number of carbonyl (C=O) groups excluding carboxylic acids is 1. The molecule has 1 aliphatic heterocycles. The SMILES string of the molecule is N#CCC1NCCN(c2cccc(F)c2)C1=O. The molecule has 1 aromatic rings. The van der Waals surface area contributed by atoms with Crippen molar-refractivity contribution in [2.24, 2.45) is 0 Å². The van der Waals surface area contributed by atoms with Crippen LogP contribution in [0.25, 0.3) is 0 Å². The first-order chi connectivity index (χ1) is 8.22. The second-order valence-corrected chi connectivity index (χ2v) is 3.84. The third-order valence-electron chi connectivity index (χ3n) is 2.71. The minimum Gasteiger partial charge on any atom is -0.310 e. The molecule has 1 aromatic carbocycles. The van der Waals surface area contributed by atoms with Gasteiger partial charge in [-0.05, 0) is 18.2 Å². The summed E-state index contributed by atoms with van der Waals surface area (Å²) >= 11 is 0. The van der Waals surface area contributed by atoms with Crippen molar-refractivity contribution in [2.75, 3.05) is 18.0 Å². The van der Waals surface area contributed by atoms with Gasteiger partial charge in [-0.1, -0.05) is 6.07 Å². The van der Waals surface area contributed by atoms with Crippen LogP contribution in [0, 0.1) is 17.1 Å². The van der Waals surface area contributed by atoms with Gasteiger partial charge >= 0.3 is 0 Å². The second kappa shape index (κ2) is 4.93. The molecule has 88 valence electrons. The van der Waals surface area contributed by atoms with Crippen molar-refractivity contribution in [3.8, 4) is 6.07 Å². The van der Waals surface area contributed by atoms with Crippen LogP contribution in [0.5, 0.6) is 0 Å². The van der Waals surface area contributed by atoms with E-state index in [1.165, 1.54) is 17.0 Å². The number of benzene rings is 1. The van der Waals surface area contributed by atoms with Gasteiger partial charge in [0.1, 0.15) is 11.9 Å². The molecule has 0 spiro atoms. The normalized spacial score (nSPS) is 20.1. The lowest BCUT2D eigenvalue weighted by atomic mass is 10.1. The fourth-order valence-electron chi connectivity index (χ4n) is 1.89. The van der Waals surface area contributed by atoms with Gasteiger partial charge < -0.3 is 10.2 Å². The number of amides is 1. The van der Waals surface area contributed by atoms with Crippen molar-refractivity contribution in [3.63, 3.8) is 0 Å². The number of halogens is 1. The van der Waals surface area contributed by atoms with Gasteiger partial charge in [-0.3, -0.25) is 4.79 Å². The van der Waals surface area contributed by atoms with E-state index in [2.05, 4.69) is 5.32 Å². The fourth-order valence-corrected chi connectivity index (χ4v) is 1.89. The predicted octanol–water partition coefficient (Wildman–Crippen LogP) is 1.04. The van der Waals surface area contributed by atoms with E-state index in [-0.39, 0.29) is 18.1 Å². The zero-order chi connectivity index (χ0) is 12.3. The summed E-state index contributed by atoms with van der Waals surface area (Å²) in [7, 11) is 0. The van der Waals surface area contributed by atoms with Crippen LogP contribution in [0.4, 0.5) is 10.1 Å². The zero-order valence-electron chi connectivity index (χ0n) is 9.19. The molecule has 2 rings (SSSR count). The van der Waals surface area contributed by atoms with E-state index in [1.54, 1.807) is 12.1 Å². The molecule has 0 aromatic heterocycles. The molecule has 1 atom stereocenters. The molecule has 1 heterocycles. The molecule has 17 heavy (non-hydrogen) atoms. The number of nitrogens with one attached hydrogen (secondary N) is 1. The molecule has 0 saturated carbocycles. The van der Waals surface area contributed by atoms with Crippen molar-refractivity contribution < 1.29 is 9.18 Å². The molecule has 0 radical (unpaired) electrons. The molecule has 1 saturated heterocycles. The van der Waals surface area contributed by atoms with Gasteiger partial charge in [-0.15, -0.1) is 0 Å². The van der Waals surface area contributed by atoms with E-state index < -0.39 is 6.04 Å². The number of rotatable bonds is 2. The van der Waals surface area contributed by atoms with Crippen LogP contribution in [0.3, 0.4) is 0 Å². The van der Waals surface area contributed by atoms with Gasteiger partial charge in [0.2, 0.25) is 5.91 Å². The van der Waals surface area contributed by atoms with Gasteiger partial charge in [-0.25, -0.2) is 4.39 Å². The number of piperazine rings is 1. The summed E-state index contributed by atoms with van der Waals surface area (Å²) in [4.78, 5) is 13.5. The van der Waals surface area contributed by atoms with E-state index in [9.17, 15) is 9.18 Å². The lowest BCUT2D eigenvalue weighted by Gasteiger charge is -2.32. The van der Waals surface area contributed by atoms with Crippen LogP contribution >= 0.6 is 0 Å². The average molecular weight is 233 g/mol. The average Bonchev–Trinajstić information content (AvgIpc) is 2.32. The molecule has 0 bridgehead atoms. The van der Waals surface area contributed by atoms with Crippen molar-refractivity contribution in [1.82, 2.24) is 5.32 Å². The summed E-state index contributed by atoms with van der Waals surface area (Å²) < 4.78 is 13.1. The number of nitriles is 1. The summed E-state index contributed by atoms with van der Waals surface area (Å²) in [6, 6.07) is 7.40. The minimum atomic E-state index is -0.489. The number of nitrogens with zero attached hydrogens (tertiary/aromatic N) is 2. The van der Waals surface area contributed by atoms with E-state index in [0.29, 0.717) is 18.8 Å². The Kier molecular flexibility index (Phi) is 3.35. The molecular weight excluding hydrogens is 221 g/mol. The summed E-state index contributed by atoms with van der Waals surface area (Å²) in [6.07, 6.45) is 0.130. The molecule has 1 fully saturated rings. The van der Waals surface area contributed by atoms with Crippen LogP contribution in [0.1, 0.15) is 6.42 Å². The van der Waals surface area contributed by atoms with Gasteiger partial charge in [0.25, 0.3) is 0 Å². The van der Waals surface area contributed by atoms with Crippen LogP contribution in [0.2, 0.25) is 0 Å². The van der Waals surface area contributed by atoms with Gasteiger partial charge in [0.15, 0.2) is 0 Å². The third kappa shape index (κ3) is 2.43. The van der Waals surface area contributed by atoms with E-state index >= 15 is 0 Å². The maximum atomic E-state index is 13.1. The fraction of sp³-hybridized carbons (Fsp3) is 0.333. The Labute approximate surface area is 98.6 Å². The topological polar surface area (TPSA) is 56.1 Å². The highest BCUT2D eigenvalue weighted by Gasteiger charge is 2.28. The number of hydrogen-bond acceptors (Lipinski definition) is 3. The van der Waals surface area contributed by atoms with E-state index in [0.717, 1.165) is 0 Å². The minimum absolute atomic E-state index is 0.130. The largest absolute Gasteiger partial charge is 0.310 e. The lowest BCUT2D eigenvalue weighted by Crippen LogP contribution is -2.55. The highest BCUT2D eigenvalue weighted by molar-refractivity contribution is 5.98. The van der Waals surface area contributed by atoms with Crippen molar-refractivity contribution >= 4 is 11.6 Å². The zero-order valence-corrected chi connectivity index (χ0v) is 9.19. The quantitative estimate of drug-likeness (QED) is 0.830. The summed E-state index contributed by atoms with van der Waals surface area (Å²) in [5, 5.41) is 11.6. The van der Waals surface area contributed by atoms with Gasteiger partial charge in [0, 0.05) is 18.8 Å². The molecule has 1 aliphatic rings. The predicted molar refractivity (Wildman–Crippen MR) is 60.8 cm³/mol. The smallest absolute Gasteiger partial charge is 0.245 e. The van der Waals surface area contributed by atoms with Crippen molar-refractivity contribution in [1.29, 1.82) is 5.26 Å². The first-order valence-electron chi connectivity index (χ1n) is 5.39. The van der Waals surface area contributed by atoms with Crippen molar-refractivity contribution in [2.45, 2.75) is 12.5 Å². The standard InChI is InChI=1S/C12H12FN3O/c13-9-2-1-3-10(8-9)16-7-6-15-11(4-5-14)12(16)17/h1-3,8,11,15H,4,6-7H2. The van der Waals surface area contributed by atoms with Crippen LogP contribution in [-0.4, -0.2) is 25.0 Å². The Morgan fingerprint density at radius 3 is 3.12 bits per heavy atom. The first-order valence-corrected chi connectivity index (χ1v) is 5.39. The Morgan fingerprint density at radius 2 is 2.41 bits per heavy atom. The summed E-state index contributed by atoms with van der Waals surface area (Å²) in [5.74, 6) is -0.547. The van der Waals surface area contributed by atoms with Gasteiger partial charge in [0.05, 0.1) is 12.5 Å². The molecule has 1 amide bonds. The Bertz CT molecular complexity index is 469.